The number of benzene rings is 1. The fourth-order valence-electron chi connectivity index (χ4n) is 4.21. The van der Waals surface area contributed by atoms with Crippen LogP contribution in [-0.2, 0) is 23.4 Å². The first-order valence-electron chi connectivity index (χ1n) is 12.6. The summed E-state index contributed by atoms with van der Waals surface area (Å²) >= 11 is 0. The fourth-order valence-corrected chi connectivity index (χ4v) is 5.71. The molecule has 1 fully saturated rings. The number of carbonyl (C=O) groups is 1. The van der Waals surface area contributed by atoms with E-state index in [1.54, 1.807) is 51.2 Å². The van der Waals surface area contributed by atoms with Crippen molar-refractivity contribution in [2.24, 2.45) is 5.92 Å². The van der Waals surface area contributed by atoms with E-state index in [-0.39, 0.29) is 17.8 Å². The van der Waals surface area contributed by atoms with Crippen LogP contribution in [0.25, 0.3) is 11.2 Å². The second-order valence-electron chi connectivity index (χ2n) is 9.44. The van der Waals surface area contributed by atoms with Crippen molar-refractivity contribution in [1.82, 2.24) is 24.6 Å². The molecular weight excluding hydrogens is 545 g/mol. The zero-order valence-corrected chi connectivity index (χ0v) is 23.4. The van der Waals surface area contributed by atoms with E-state index in [2.05, 4.69) is 25.4 Å². The van der Waals surface area contributed by atoms with Gasteiger partial charge in [-0.05, 0) is 32.9 Å². The number of carbonyl (C=O) groups excluding carboxylic acids is 1. The minimum absolute atomic E-state index is 0.00670. The maximum atomic E-state index is 13.8. The number of nitrogens with one attached hydrogen (secondary N) is 2. The van der Waals surface area contributed by atoms with Gasteiger partial charge in [-0.2, -0.15) is 15.1 Å². The number of esters is 1. The number of para-hydroxylation sites is 1. The molecule has 1 aliphatic rings. The predicted molar refractivity (Wildman–Crippen MR) is 144 cm³/mol. The number of rotatable bonds is 12. The third-order valence-electron chi connectivity index (χ3n) is 6.10. The number of aliphatic hydroxyl groups is 2. The molecule has 218 valence electrons. The molecule has 0 amide bonds. The van der Waals surface area contributed by atoms with Crippen LogP contribution in [0.3, 0.4) is 0 Å². The number of aliphatic hydroxyl groups excluding tert-OH is 2. The minimum Gasteiger partial charge on any atom is -0.462 e. The number of nitrogen functional groups attached to an aromatic ring is 1. The molecule has 4 rings (SSSR count). The molecular formula is C24H34N7O8P. The van der Waals surface area contributed by atoms with Crippen molar-refractivity contribution < 1.29 is 38.1 Å². The molecule has 1 saturated heterocycles. The van der Waals surface area contributed by atoms with Gasteiger partial charge in [0.15, 0.2) is 17.0 Å². The van der Waals surface area contributed by atoms with E-state index in [0.29, 0.717) is 17.0 Å². The quantitative estimate of drug-likeness (QED) is 0.152. The van der Waals surface area contributed by atoms with Crippen LogP contribution in [0.5, 0.6) is 5.75 Å². The normalized spacial score (nSPS) is 23.2. The average molecular weight is 580 g/mol. The maximum Gasteiger partial charge on any atom is 0.459 e. The summed E-state index contributed by atoms with van der Waals surface area (Å²) in [6, 6.07) is 7.22. The van der Waals surface area contributed by atoms with Crippen LogP contribution in [0.1, 0.15) is 27.0 Å². The SMILES string of the molecule is CNc1nc(N)nc2c1ncn2[C@@H]1O[C@H](CO[P@](=O)(NC(C)C(=O)OC(C)C)Oc2ccccc2)[C@@H](O)[C@@H]1CO. The molecule has 15 nitrogen and oxygen atoms in total. The molecule has 3 heterocycles. The zero-order valence-electron chi connectivity index (χ0n) is 22.5. The Balaban J connectivity index is 1.55. The summed E-state index contributed by atoms with van der Waals surface area (Å²) in [4.78, 5) is 25.1. The maximum absolute atomic E-state index is 13.8. The van der Waals surface area contributed by atoms with Crippen LogP contribution in [-0.4, -0.2) is 80.3 Å². The summed E-state index contributed by atoms with van der Waals surface area (Å²) in [6.07, 6.45) is -2.14. The van der Waals surface area contributed by atoms with Crippen LogP contribution in [0.2, 0.25) is 0 Å². The number of imidazole rings is 1. The van der Waals surface area contributed by atoms with E-state index in [0.717, 1.165) is 0 Å². The van der Waals surface area contributed by atoms with Crippen LogP contribution >= 0.6 is 7.75 Å². The second kappa shape index (κ2) is 12.5. The Morgan fingerprint density at radius 3 is 2.62 bits per heavy atom. The number of nitrogens with zero attached hydrogens (tertiary/aromatic N) is 4. The predicted octanol–water partition coefficient (Wildman–Crippen LogP) is 1.45. The van der Waals surface area contributed by atoms with Crippen molar-refractivity contribution in [1.29, 1.82) is 0 Å². The molecule has 1 aromatic carbocycles. The number of fused-ring (bicyclic) bond motifs is 1. The molecule has 1 unspecified atom stereocenters. The first kappa shape index (κ1) is 29.6. The highest BCUT2D eigenvalue weighted by atomic mass is 31.2. The highest BCUT2D eigenvalue weighted by Crippen LogP contribution is 2.46. The Morgan fingerprint density at radius 1 is 1.25 bits per heavy atom. The Kier molecular flexibility index (Phi) is 9.23. The van der Waals surface area contributed by atoms with E-state index >= 15 is 0 Å². The Morgan fingerprint density at radius 2 is 1.98 bits per heavy atom. The van der Waals surface area contributed by atoms with E-state index in [4.69, 9.17) is 24.3 Å². The molecule has 0 spiro atoms. The van der Waals surface area contributed by atoms with E-state index in [1.807, 2.05) is 0 Å². The standard InChI is InChI=1S/C24H34N7O8P/c1-13(2)37-23(34)14(3)30-40(35,39-15-8-6-5-7-9-15)36-11-17-19(33)16(10-32)22(38-17)31-12-27-18-20(26-4)28-24(25)29-21(18)31/h5-9,12-14,16-17,19,22,32-33H,10-11H2,1-4H3,(H,30,35)(H3,25,26,28,29)/t14?,16-,17+,19-,22+,40+/m0/s1. The lowest BCUT2D eigenvalue weighted by atomic mass is 10.0. The number of aromatic nitrogens is 4. The topological polar surface area (TPSA) is 205 Å². The number of hydrogen-bond acceptors (Lipinski definition) is 13. The van der Waals surface area contributed by atoms with Gasteiger partial charge in [0.25, 0.3) is 0 Å². The molecule has 0 bridgehead atoms. The lowest BCUT2D eigenvalue weighted by Gasteiger charge is -2.25. The van der Waals surface area contributed by atoms with Crippen LogP contribution in [0, 0.1) is 5.92 Å². The van der Waals surface area contributed by atoms with Gasteiger partial charge in [0.05, 0.1) is 37.7 Å². The lowest BCUT2D eigenvalue weighted by molar-refractivity contribution is -0.149. The summed E-state index contributed by atoms with van der Waals surface area (Å²) in [5, 5.41) is 26.6. The molecule has 6 N–H and O–H groups in total. The summed E-state index contributed by atoms with van der Waals surface area (Å²) in [5.41, 5.74) is 6.59. The summed E-state index contributed by atoms with van der Waals surface area (Å²) in [7, 11) is -2.55. The first-order valence-corrected chi connectivity index (χ1v) is 14.2. The van der Waals surface area contributed by atoms with Crippen molar-refractivity contribution in [2.45, 2.75) is 51.4 Å². The highest BCUT2D eigenvalue weighted by Gasteiger charge is 2.46. The van der Waals surface area contributed by atoms with Gasteiger partial charge in [0.2, 0.25) is 5.95 Å². The van der Waals surface area contributed by atoms with Gasteiger partial charge in [0, 0.05) is 7.05 Å². The lowest BCUT2D eigenvalue weighted by Crippen LogP contribution is -2.37. The number of hydrogen-bond donors (Lipinski definition) is 5. The van der Waals surface area contributed by atoms with Crippen molar-refractivity contribution in [3.63, 3.8) is 0 Å². The van der Waals surface area contributed by atoms with Crippen LogP contribution in [0.4, 0.5) is 11.8 Å². The summed E-state index contributed by atoms with van der Waals surface area (Å²) < 4.78 is 37.9. The van der Waals surface area contributed by atoms with Crippen molar-refractivity contribution >= 4 is 36.6 Å². The monoisotopic (exact) mass is 579 g/mol. The van der Waals surface area contributed by atoms with Crippen molar-refractivity contribution in [3.8, 4) is 5.75 Å². The third kappa shape index (κ3) is 6.52. The van der Waals surface area contributed by atoms with Crippen LogP contribution in [0.15, 0.2) is 36.7 Å². The van der Waals surface area contributed by atoms with Crippen molar-refractivity contribution in [3.05, 3.63) is 36.7 Å². The molecule has 0 aliphatic carbocycles. The van der Waals surface area contributed by atoms with E-state index < -0.39 is 57.3 Å². The number of anilines is 2. The van der Waals surface area contributed by atoms with Gasteiger partial charge in [-0.15, -0.1) is 0 Å². The Bertz CT molecular complexity index is 1360. The molecule has 2 aromatic heterocycles. The molecule has 0 radical (unpaired) electrons. The number of nitrogens with two attached hydrogens (primary N) is 1. The summed E-state index contributed by atoms with van der Waals surface area (Å²) in [6.45, 7) is 3.98. The third-order valence-corrected chi connectivity index (χ3v) is 7.74. The average Bonchev–Trinajstić information content (AvgIpc) is 3.47. The molecule has 40 heavy (non-hydrogen) atoms. The van der Waals surface area contributed by atoms with Gasteiger partial charge < -0.3 is 35.3 Å². The molecule has 1 aliphatic heterocycles. The summed E-state index contributed by atoms with van der Waals surface area (Å²) in [5.74, 6) is -0.850. The Hall–Kier alpha value is -3.33. The van der Waals surface area contributed by atoms with Crippen molar-refractivity contribution in [2.75, 3.05) is 31.3 Å². The Labute approximate surface area is 230 Å². The van der Waals surface area contributed by atoms with E-state index in [9.17, 15) is 19.6 Å². The molecule has 16 heteroatoms. The first-order chi connectivity index (χ1) is 19.0. The largest absolute Gasteiger partial charge is 0.462 e. The van der Waals surface area contributed by atoms with Gasteiger partial charge in [-0.3, -0.25) is 13.9 Å². The van der Waals surface area contributed by atoms with Crippen LogP contribution < -0.4 is 20.7 Å². The molecule has 0 saturated carbocycles. The highest BCUT2D eigenvalue weighted by molar-refractivity contribution is 7.52. The van der Waals surface area contributed by atoms with Gasteiger partial charge >= 0.3 is 13.7 Å². The van der Waals surface area contributed by atoms with E-state index in [1.165, 1.54) is 17.8 Å². The number of ether oxygens (including phenoxy) is 2. The van der Waals surface area contributed by atoms with Gasteiger partial charge in [0.1, 0.15) is 24.1 Å². The van der Waals surface area contributed by atoms with Gasteiger partial charge in [-0.25, -0.2) is 9.55 Å². The zero-order chi connectivity index (χ0) is 29.0. The molecule has 6 atom stereocenters. The smallest absolute Gasteiger partial charge is 0.459 e. The van der Waals surface area contributed by atoms with Gasteiger partial charge in [-0.1, -0.05) is 18.2 Å². The molecule has 3 aromatic rings. The second-order valence-corrected chi connectivity index (χ2v) is 11.1. The minimum atomic E-state index is -4.21. The fraction of sp³-hybridized carbons (Fsp3) is 0.500.